The van der Waals surface area contributed by atoms with Crippen LogP contribution in [0.2, 0.25) is 0 Å². The minimum absolute atomic E-state index is 0.000715. The molecule has 0 spiro atoms. The molecule has 1 fully saturated rings. The molecule has 1 aliphatic heterocycles. The van der Waals surface area contributed by atoms with E-state index in [9.17, 15) is 4.79 Å². The first-order chi connectivity index (χ1) is 9.25. The first-order valence-electron chi connectivity index (χ1n) is 6.70. The zero-order valence-electron chi connectivity index (χ0n) is 11.1. The van der Waals surface area contributed by atoms with E-state index < -0.39 is 0 Å². The van der Waals surface area contributed by atoms with Crippen LogP contribution in [0.3, 0.4) is 0 Å². The third-order valence-corrected chi connectivity index (χ3v) is 3.75. The number of ether oxygens (including phenoxy) is 1. The molecule has 0 aromatic carbocycles. The molecule has 6 heteroatoms. The Hall–Kier alpha value is -1.69. The summed E-state index contributed by atoms with van der Waals surface area (Å²) in [5.74, 6) is 0.658. The summed E-state index contributed by atoms with van der Waals surface area (Å²) in [7, 11) is 1.79. The number of hydrogen-bond acceptors (Lipinski definition) is 4. The van der Waals surface area contributed by atoms with E-state index in [1.807, 2.05) is 0 Å². The van der Waals surface area contributed by atoms with Gasteiger partial charge in [0, 0.05) is 26.8 Å². The Bertz CT molecular complexity index is 625. The zero-order chi connectivity index (χ0) is 13.2. The minimum Gasteiger partial charge on any atom is -0.381 e. The molecule has 0 N–H and O–H groups in total. The van der Waals surface area contributed by atoms with Gasteiger partial charge in [0.2, 0.25) is 0 Å². The zero-order valence-corrected chi connectivity index (χ0v) is 11.1. The lowest BCUT2D eigenvalue weighted by molar-refractivity contribution is 0.183. The molecule has 1 unspecified atom stereocenters. The van der Waals surface area contributed by atoms with Gasteiger partial charge in [0.15, 0.2) is 5.65 Å². The fraction of sp³-hybridized carbons (Fsp3) is 0.615. The maximum atomic E-state index is 12.2. The Balaban J connectivity index is 1.70. The maximum Gasteiger partial charge on any atom is 0.264 e. The number of fused-ring (bicyclic) bond motifs is 1. The summed E-state index contributed by atoms with van der Waals surface area (Å²) in [6, 6.07) is 0. The van der Waals surface area contributed by atoms with Crippen LogP contribution in [0.1, 0.15) is 19.3 Å². The van der Waals surface area contributed by atoms with Crippen LogP contribution in [-0.2, 0) is 18.3 Å². The van der Waals surface area contributed by atoms with Crippen molar-refractivity contribution in [1.29, 1.82) is 0 Å². The van der Waals surface area contributed by atoms with Crippen LogP contribution in [0, 0.1) is 5.92 Å². The Kier molecular flexibility index (Phi) is 3.33. The van der Waals surface area contributed by atoms with Crippen molar-refractivity contribution in [2.45, 2.75) is 25.8 Å². The van der Waals surface area contributed by atoms with Gasteiger partial charge in [-0.25, -0.2) is 4.98 Å². The Morgan fingerprint density at radius 3 is 3.21 bits per heavy atom. The molecule has 2 aromatic rings. The number of hydrogen-bond donors (Lipinski definition) is 0. The molecular weight excluding hydrogens is 244 g/mol. The van der Waals surface area contributed by atoms with Gasteiger partial charge in [-0.3, -0.25) is 14.0 Å². The Labute approximate surface area is 111 Å². The quantitative estimate of drug-likeness (QED) is 0.823. The first kappa shape index (κ1) is 12.3. The lowest BCUT2D eigenvalue weighted by atomic mass is 10.0. The molecule has 3 rings (SSSR count). The van der Waals surface area contributed by atoms with E-state index in [4.69, 9.17) is 4.74 Å². The van der Waals surface area contributed by atoms with Crippen molar-refractivity contribution in [2.24, 2.45) is 13.0 Å². The molecule has 3 heterocycles. The highest BCUT2D eigenvalue weighted by atomic mass is 16.5. The molecule has 0 radical (unpaired) electrons. The summed E-state index contributed by atoms with van der Waals surface area (Å²) in [4.78, 5) is 16.5. The van der Waals surface area contributed by atoms with E-state index >= 15 is 0 Å². The van der Waals surface area contributed by atoms with Crippen molar-refractivity contribution < 1.29 is 4.74 Å². The number of nitrogens with zero attached hydrogens (tertiary/aromatic N) is 4. The molecule has 0 amide bonds. The Morgan fingerprint density at radius 2 is 2.42 bits per heavy atom. The molecule has 0 saturated carbocycles. The number of aryl methyl sites for hydroxylation is 2. The third kappa shape index (κ3) is 2.40. The second-order valence-electron chi connectivity index (χ2n) is 5.12. The summed E-state index contributed by atoms with van der Waals surface area (Å²) in [5, 5.41) is 4.66. The molecule has 1 saturated heterocycles. The second-order valence-corrected chi connectivity index (χ2v) is 5.12. The van der Waals surface area contributed by atoms with Gasteiger partial charge in [-0.15, -0.1) is 0 Å². The summed E-state index contributed by atoms with van der Waals surface area (Å²) >= 11 is 0. The van der Waals surface area contributed by atoms with E-state index in [0.717, 1.165) is 32.5 Å². The van der Waals surface area contributed by atoms with Gasteiger partial charge in [-0.2, -0.15) is 5.10 Å². The van der Waals surface area contributed by atoms with Crippen molar-refractivity contribution in [2.75, 3.05) is 13.2 Å². The SMILES string of the molecule is Cn1ncc2c(=O)n(CCCC3CCOC3)cnc21. The number of rotatable bonds is 4. The fourth-order valence-electron chi connectivity index (χ4n) is 2.59. The van der Waals surface area contributed by atoms with E-state index in [1.165, 1.54) is 0 Å². The molecular formula is C13H18N4O2. The predicted octanol–water partition coefficient (Wildman–Crippen LogP) is 0.947. The maximum absolute atomic E-state index is 12.2. The molecule has 2 aromatic heterocycles. The fourth-order valence-corrected chi connectivity index (χ4v) is 2.59. The van der Waals surface area contributed by atoms with Gasteiger partial charge in [-0.1, -0.05) is 0 Å². The largest absolute Gasteiger partial charge is 0.381 e. The third-order valence-electron chi connectivity index (χ3n) is 3.75. The van der Waals surface area contributed by atoms with Crippen molar-refractivity contribution in [3.63, 3.8) is 0 Å². The smallest absolute Gasteiger partial charge is 0.264 e. The van der Waals surface area contributed by atoms with Crippen LogP contribution >= 0.6 is 0 Å². The van der Waals surface area contributed by atoms with Crippen LogP contribution in [-0.4, -0.2) is 32.5 Å². The number of aromatic nitrogens is 4. The summed E-state index contributed by atoms with van der Waals surface area (Å²) in [5.41, 5.74) is 0.645. The van der Waals surface area contributed by atoms with E-state index in [1.54, 1.807) is 28.8 Å². The minimum atomic E-state index is 0.000715. The van der Waals surface area contributed by atoms with E-state index in [0.29, 0.717) is 23.5 Å². The van der Waals surface area contributed by atoms with E-state index in [-0.39, 0.29) is 5.56 Å². The van der Waals surface area contributed by atoms with Crippen LogP contribution < -0.4 is 5.56 Å². The second kappa shape index (κ2) is 5.13. The highest BCUT2D eigenvalue weighted by Gasteiger charge is 2.15. The molecule has 1 aliphatic rings. The van der Waals surface area contributed by atoms with Crippen LogP contribution in [0.5, 0.6) is 0 Å². The molecule has 1 atom stereocenters. The lowest BCUT2D eigenvalue weighted by Crippen LogP contribution is -2.21. The topological polar surface area (TPSA) is 61.9 Å². The lowest BCUT2D eigenvalue weighted by Gasteiger charge is -2.08. The van der Waals surface area contributed by atoms with Gasteiger partial charge in [0.25, 0.3) is 5.56 Å². The summed E-state index contributed by atoms with van der Waals surface area (Å²) < 4.78 is 8.65. The molecule has 0 bridgehead atoms. The monoisotopic (exact) mass is 262 g/mol. The van der Waals surface area contributed by atoms with Crippen LogP contribution in [0.15, 0.2) is 17.3 Å². The molecule has 19 heavy (non-hydrogen) atoms. The van der Waals surface area contributed by atoms with Gasteiger partial charge in [0.1, 0.15) is 5.39 Å². The van der Waals surface area contributed by atoms with E-state index in [2.05, 4.69) is 10.1 Å². The van der Waals surface area contributed by atoms with Gasteiger partial charge >= 0.3 is 0 Å². The van der Waals surface area contributed by atoms with Crippen molar-refractivity contribution in [3.8, 4) is 0 Å². The van der Waals surface area contributed by atoms with Crippen LogP contribution in [0.4, 0.5) is 0 Å². The molecule has 6 nitrogen and oxygen atoms in total. The van der Waals surface area contributed by atoms with Crippen molar-refractivity contribution in [1.82, 2.24) is 19.3 Å². The van der Waals surface area contributed by atoms with Crippen molar-refractivity contribution >= 4 is 11.0 Å². The van der Waals surface area contributed by atoms with Gasteiger partial charge < -0.3 is 4.74 Å². The Morgan fingerprint density at radius 1 is 1.53 bits per heavy atom. The van der Waals surface area contributed by atoms with Gasteiger partial charge in [-0.05, 0) is 25.2 Å². The highest BCUT2D eigenvalue weighted by Crippen LogP contribution is 2.18. The standard InChI is InChI=1S/C13H18N4O2/c1-16-12-11(7-15-16)13(18)17(9-14-12)5-2-3-10-4-6-19-8-10/h7,9-10H,2-6,8H2,1H3. The predicted molar refractivity (Wildman–Crippen MR) is 70.9 cm³/mol. The average Bonchev–Trinajstić information content (AvgIpc) is 3.03. The highest BCUT2D eigenvalue weighted by molar-refractivity contribution is 5.72. The van der Waals surface area contributed by atoms with Crippen molar-refractivity contribution in [3.05, 3.63) is 22.9 Å². The summed E-state index contributed by atoms with van der Waals surface area (Å²) in [6.07, 6.45) is 6.46. The molecule has 0 aliphatic carbocycles. The van der Waals surface area contributed by atoms with Crippen LogP contribution in [0.25, 0.3) is 11.0 Å². The normalized spacial score (nSPS) is 19.3. The first-order valence-corrected chi connectivity index (χ1v) is 6.70. The van der Waals surface area contributed by atoms with Gasteiger partial charge in [0.05, 0.1) is 12.5 Å². The average molecular weight is 262 g/mol. The molecule has 102 valence electrons. The summed E-state index contributed by atoms with van der Waals surface area (Å²) in [6.45, 7) is 2.47.